The summed E-state index contributed by atoms with van der Waals surface area (Å²) in [5.41, 5.74) is -0.136. The van der Waals surface area contributed by atoms with Crippen molar-refractivity contribution in [1.29, 1.82) is 0 Å². The average Bonchev–Trinajstić information content (AvgIpc) is 3.07. The van der Waals surface area contributed by atoms with Crippen LogP contribution in [0, 0.1) is 10.1 Å². The van der Waals surface area contributed by atoms with Gasteiger partial charge in [0.05, 0.1) is 16.0 Å². The largest absolute Gasteiger partial charge is 0.451 e. The molecule has 0 fully saturated rings. The predicted molar refractivity (Wildman–Crippen MR) is 99.7 cm³/mol. The quantitative estimate of drug-likeness (QED) is 0.248. The molecule has 0 radical (unpaired) electrons. The van der Waals surface area contributed by atoms with Gasteiger partial charge in [0.2, 0.25) is 0 Å². The van der Waals surface area contributed by atoms with Crippen molar-refractivity contribution in [3.8, 4) is 0 Å². The Kier molecular flexibility index (Phi) is 5.59. The van der Waals surface area contributed by atoms with Crippen LogP contribution < -0.4 is 0 Å². The molecule has 0 saturated heterocycles. The van der Waals surface area contributed by atoms with Crippen LogP contribution in [0.15, 0.2) is 47.4 Å². The number of halogens is 2. The van der Waals surface area contributed by atoms with Crippen LogP contribution in [0.25, 0.3) is 11.0 Å². The van der Waals surface area contributed by atoms with Gasteiger partial charge < -0.3 is 4.74 Å². The zero-order chi connectivity index (χ0) is 20.4. The van der Waals surface area contributed by atoms with E-state index in [4.69, 9.17) is 4.74 Å². The van der Waals surface area contributed by atoms with Gasteiger partial charge in [0.15, 0.2) is 11.9 Å². The first-order valence-electron chi connectivity index (χ1n) is 8.12. The van der Waals surface area contributed by atoms with Gasteiger partial charge >= 0.3 is 12.5 Å². The summed E-state index contributed by atoms with van der Waals surface area (Å²) in [6.07, 6.45) is 0.607. The molecule has 0 aliphatic heterocycles. The average molecular weight is 407 g/mol. The number of ether oxygens (including phenoxy) is 1. The van der Waals surface area contributed by atoms with E-state index in [1.54, 1.807) is 24.5 Å². The number of esters is 1. The fourth-order valence-corrected chi connectivity index (χ4v) is 3.24. The highest BCUT2D eigenvalue weighted by molar-refractivity contribution is 7.98. The molecule has 0 N–H and O–H groups in total. The van der Waals surface area contributed by atoms with Crippen molar-refractivity contribution in [3.63, 3.8) is 0 Å². The summed E-state index contributed by atoms with van der Waals surface area (Å²) in [7, 11) is 0. The van der Waals surface area contributed by atoms with E-state index < -0.39 is 29.2 Å². The molecule has 0 saturated carbocycles. The van der Waals surface area contributed by atoms with Crippen LogP contribution in [0.4, 0.5) is 14.5 Å². The number of imidazole rings is 1. The van der Waals surface area contributed by atoms with Gasteiger partial charge in [-0.2, -0.15) is 8.78 Å². The summed E-state index contributed by atoms with van der Waals surface area (Å²) in [5.74, 6) is -1.13. The van der Waals surface area contributed by atoms with Gasteiger partial charge in [0, 0.05) is 11.0 Å². The number of nitro benzene ring substituents is 1. The van der Waals surface area contributed by atoms with Gasteiger partial charge in [-0.05, 0) is 37.4 Å². The molecule has 0 aliphatic rings. The first-order chi connectivity index (χ1) is 13.3. The standard InChI is InChI=1S/C18H15F2N3O4S/c1-10(16-21-13-5-3-4-6-15(13)22(16)18(19)20)27-17(24)12-9-11(28-2)7-8-14(12)23(25)26/h3-10,18H,1-2H3. The Labute approximate surface area is 162 Å². The molecule has 1 unspecified atom stereocenters. The molecule has 7 nitrogen and oxygen atoms in total. The summed E-state index contributed by atoms with van der Waals surface area (Å²) in [5, 5.41) is 11.2. The van der Waals surface area contributed by atoms with Crippen LogP contribution >= 0.6 is 11.8 Å². The van der Waals surface area contributed by atoms with E-state index in [2.05, 4.69) is 4.98 Å². The number of para-hydroxylation sites is 2. The number of aromatic nitrogens is 2. The first-order valence-corrected chi connectivity index (χ1v) is 9.34. The van der Waals surface area contributed by atoms with Crippen molar-refractivity contribution in [3.05, 3.63) is 64.0 Å². The Balaban J connectivity index is 1.97. The third-order valence-corrected chi connectivity index (χ3v) is 4.81. The zero-order valence-corrected chi connectivity index (χ0v) is 15.7. The third-order valence-electron chi connectivity index (χ3n) is 4.09. The number of hydrogen-bond donors (Lipinski definition) is 0. The number of carbonyl (C=O) groups is 1. The van der Waals surface area contributed by atoms with Gasteiger partial charge in [-0.25, -0.2) is 9.78 Å². The summed E-state index contributed by atoms with van der Waals surface area (Å²) >= 11 is 1.30. The maximum atomic E-state index is 13.6. The van der Waals surface area contributed by atoms with Gasteiger partial charge in [-0.3, -0.25) is 14.7 Å². The summed E-state index contributed by atoms with van der Waals surface area (Å²) in [6.45, 7) is -1.50. The van der Waals surface area contributed by atoms with Crippen molar-refractivity contribution in [2.24, 2.45) is 0 Å². The molecule has 3 rings (SSSR count). The fourth-order valence-electron chi connectivity index (χ4n) is 2.80. The Bertz CT molecular complexity index is 1050. The second-order valence-electron chi connectivity index (χ2n) is 5.79. The number of nitrogens with zero attached hydrogens (tertiary/aromatic N) is 3. The number of hydrogen-bond acceptors (Lipinski definition) is 6. The van der Waals surface area contributed by atoms with Crippen LogP contribution in [0.5, 0.6) is 0 Å². The molecule has 1 atom stereocenters. The number of carbonyl (C=O) groups excluding carboxylic acids is 1. The number of nitro groups is 1. The highest BCUT2D eigenvalue weighted by Gasteiger charge is 2.28. The van der Waals surface area contributed by atoms with Gasteiger partial charge in [0.1, 0.15) is 5.56 Å². The number of thioether (sulfide) groups is 1. The Hall–Kier alpha value is -3.01. The smallest absolute Gasteiger partial charge is 0.345 e. The molecule has 1 heterocycles. The fraction of sp³-hybridized carbons (Fsp3) is 0.222. The summed E-state index contributed by atoms with van der Waals surface area (Å²) < 4.78 is 33.1. The summed E-state index contributed by atoms with van der Waals surface area (Å²) in [6, 6.07) is 10.4. The van der Waals surface area contributed by atoms with Gasteiger partial charge in [0.25, 0.3) is 5.69 Å². The maximum Gasteiger partial charge on any atom is 0.345 e. The van der Waals surface area contributed by atoms with Crippen LogP contribution in [0.3, 0.4) is 0 Å². The minimum absolute atomic E-state index is 0.145. The monoisotopic (exact) mass is 407 g/mol. The topological polar surface area (TPSA) is 87.3 Å². The Morgan fingerprint density at radius 1 is 1.29 bits per heavy atom. The minimum atomic E-state index is -2.89. The predicted octanol–water partition coefficient (Wildman–Crippen LogP) is 4.98. The molecule has 1 aromatic heterocycles. The van der Waals surface area contributed by atoms with E-state index in [0.717, 1.165) is 0 Å². The SMILES string of the molecule is CSc1ccc([N+](=O)[O-])c(C(=O)OC(C)c2nc3ccccc3n2C(F)F)c1. The van der Waals surface area contributed by atoms with Crippen LogP contribution in [-0.4, -0.2) is 26.7 Å². The normalized spacial score (nSPS) is 12.3. The lowest BCUT2D eigenvalue weighted by molar-refractivity contribution is -0.385. The van der Waals surface area contributed by atoms with E-state index in [1.807, 2.05) is 0 Å². The van der Waals surface area contributed by atoms with Crippen molar-refractivity contribution in [1.82, 2.24) is 9.55 Å². The molecular weight excluding hydrogens is 392 g/mol. The van der Waals surface area contributed by atoms with E-state index in [-0.39, 0.29) is 16.9 Å². The molecule has 28 heavy (non-hydrogen) atoms. The van der Waals surface area contributed by atoms with Crippen molar-refractivity contribution in [2.75, 3.05) is 6.26 Å². The molecule has 0 amide bonds. The second kappa shape index (κ2) is 7.93. The molecule has 0 spiro atoms. The molecule has 0 aliphatic carbocycles. The van der Waals surface area contributed by atoms with Crippen molar-refractivity contribution >= 4 is 34.5 Å². The van der Waals surface area contributed by atoms with E-state index in [9.17, 15) is 23.7 Å². The lowest BCUT2D eigenvalue weighted by Crippen LogP contribution is -2.15. The lowest BCUT2D eigenvalue weighted by Gasteiger charge is -2.15. The maximum absolute atomic E-state index is 13.6. The van der Waals surface area contributed by atoms with Crippen molar-refractivity contribution in [2.45, 2.75) is 24.5 Å². The van der Waals surface area contributed by atoms with Crippen molar-refractivity contribution < 1.29 is 23.2 Å². The third kappa shape index (κ3) is 3.68. The van der Waals surface area contributed by atoms with Gasteiger partial charge in [-0.1, -0.05) is 12.1 Å². The Morgan fingerprint density at radius 3 is 2.64 bits per heavy atom. The highest BCUT2D eigenvalue weighted by Crippen LogP contribution is 2.30. The number of alkyl halides is 2. The Morgan fingerprint density at radius 2 is 2.00 bits per heavy atom. The minimum Gasteiger partial charge on any atom is -0.451 e. The molecular formula is C18H15F2N3O4S. The molecule has 0 bridgehead atoms. The van der Waals surface area contributed by atoms with Crippen LogP contribution in [-0.2, 0) is 4.74 Å². The van der Waals surface area contributed by atoms with Crippen LogP contribution in [0.2, 0.25) is 0 Å². The zero-order valence-electron chi connectivity index (χ0n) is 14.8. The highest BCUT2D eigenvalue weighted by atomic mass is 32.2. The lowest BCUT2D eigenvalue weighted by atomic mass is 10.2. The number of fused-ring (bicyclic) bond motifs is 1. The van der Waals surface area contributed by atoms with E-state index in [1.165, 1.54) is 43.0 Å². The number of rotatable bonds is 6. The molecule has 146 valence electrons. The molecule has 10 heteroatoms. The first kappa shape index (κ1) is 19.7. The second-order valence-corrected chi connectivity index (χ2v) is 6.67. The molecule has 2 aromatic carbocycles. The van der Waals surface area contributed by atoms with E-state index >= 15 is 0 Å². The number of benzene rings is 2. The molecule has 3 aromatic rings. The van der Waals surface area contributed by atoms with E-state index in [0.29, 0.717) is 15.0 Å². The van der Waals surface area contributed by atoms with Gasteiger partial charge in [-0.15, -0.1) is 11.8 Å². The summed E-state index contributed by atoms with van der Waals surface area (Å²) in [4.78, 5) is 27.9. The van der Waals surface area contributed by atoms with Crippen LogP contribution in [0.1, 0.15) is 35.8 Å².